The normalized spacial score (nSPS) is 15.5. The number of benzene rings is 1. The molecule has 8 heteroatoms. The van der Waals surface area contributed by atoms with Crippen LogP contribution in [0.4, 0.5) is 14.6 Å². The number of fused-ring (bicyclic) bond motifs is 1. The molecular weight excluding hydrogens is 352 g/mol. The van der Waals surface area contributed by atoms with E-state index in [1.165, 1.54) is 6.20 Å². The Morgan fingerprint density at radius 1 is 1.15 bits per heavy atom. The molecule has 2 aromatic heterocycles. The Balaban J connectivity index is 0.000000221. The van der Waals surface area contributed by atoms with E-state index in [-0.39, 0.29) is 5.54 Å². The number of carbonyl (C=O) groups excluding carboxylic acids is 1. The number of hydrogen-bond acceptors (Lipinski definition) is 4. The molecule has 1 aliphatic heterocycles. The van der Waals surface area contributed by atoms with Crippen LogP contribution in [0.1, 0.15) is 37.0 Å². The van der Waals surface area contributed by atoms with Gasteiger partial charge in [0.15, 0.2) is 5.65 Å². The molecule has 0 atom stereocenters. The molecule has 27 heavy (non-hydrogen) atoms. The van der Waals surface area contributed by atoms with E-state index in [4.69, 9.17) is 5.73 Å². The molecule has 0 aliphatic carbocycles. The molecule has 6 nitrogen and oxygen atoms in total. The van der Waals surface area contributed by atoms with Gasteiger partial charge in [-0.15, -0.1) is 0 Å². The number of halogens is 2. The maximum atomic E-state index is 11.9. The zero-order valence-electron chi connectivity index (χ0n) is 15.2. The second-order valence-electron chi connectivity index (χ2n) is 6.98. The van der Waals surface area contributed by atoms with E-state index in [0.717, 1.165) is 49.5 Å². The molecule has 1 saturated heterocycles. The summed E-state index contributed by atoms with van der Waals surface area (Å²) >= 11 is 0. The molecule has 0 unspecified atom stereocenters. The minimum atomic E-state index is -0.500. The zero-order chi connectivity index (χ0) is 19.6. The fourth-order valence-corrected chi connectivity index (χ4v) is 3.15. The number of carbonyl (C=O) groups is 1. The van der Waals surface area contributed by atoms with Gasteiger partial charge in [0.2, 0.25) is 0 Å². The van der Waals surface area contributed by atoms with Gasteiger partial charge >= 0.3 is 0 Å². The van der Waals surface area contributed by atoms with Gasteiger partial charge in [0.25, 0.3) is 5.91 Å². The number of primary amides is 1. The first-order valence-corrected chi connectivity index (χ1v) is 8.61. The largest absolute Gasteiger partial charge is 0.365 e. The van der Waals surface area contributed by atoms with Crippen molar-refractivity contribution >= 4 is 17.4 Å². The molecule has 0 spiro atoms. The van der Waals surface area contributed by atoms with E-state index < -0.39 is 17.5 Å². The lowest BCUT2D eigenvalue weighted by atomic mass is 10.0. The molecule has 0 bridgehead atoms. The summed E-state index contributed by atoms with van der Waals surface area (Å²) in [5, 5.41) is 4.08. The number of nitrogens with zero attached hydrogens (tertiary/aromatic N) is 4. The first-order valence-electron chi connectivity index (χ1n) is 8.61. The number of rotatable bonds is 2. The Bertz CT molecular complexity index is 931. The Morgan fingerprint density at radius 3 is 2.30 bits per heavy atom. The third kappa shape index (κ3) is 4.05. The van der Waals surface area contributed by atoms with Gasteiger partial charge in [0, 0.05) is 18.3 Å². The maximum Gasteiger partial charge on any atom is 0.254 e. The highest BCUT2D eigenvalue weighted by molar-refractivity contribution is 5.98. The van der Waals surface area contributed by atoms with Gasteiger partial charge in [-0.1, -0.05) is 0 Å². The number of aromatic nitrogens is 3. The van der Waals surface area contributed by atoms with Crippen molar-refractivity contribution in [1.82, 2.24) is 14.6 Å². The molecule has 3 aromatic rings. The number of hydrogen-bond donors (Lipinski definition) is 1. The van der Waals surface area contributed by atoms with Gasteiger partial charge in [0.05, 0.1) is 6.20 Å². The van der Waals surface area contributed by atoms with Crippen molar-refractivity contribution < 1.29 is 13.6 Å². The minimum absolute atomic E-state index is 0.0955. The molecule has 1 aromatic carbocycles. The molecule has 1 fully saturated rings. The van der Waals surface area contributed by atoms with Crippen LogP contribution in [0.5, 0.6) is 0 Å². The van der Waals surface area contributed by atoms with Crippen molar-refractivity contribution in [3.63, 3.8) is 0 Å². The first kappa shape index (κ1) is 18.8. The van der Waals surface area contributed by atoms with Crippen LogP contribution in [-0.2, 0) is 0 Å². The van der Waals surface area contributed by atoms with E-state index >= 15 is 0 Å². The average Bonchev–Trinajstić information content (AvgIpc) is 3.20. The molecule has 0 saturated carbocycles. The zero-order valence-corrected chi connectivity index (χ0v) is 15.2. The molecule has 1 aliphatic rings. The molecule has 2 N–H and O–H groups in total. The summed E-state index contributed by atoms with van der Waals surface area (Å²) in [4.78, 5) is 18.2. The number of amides is 1. The minimum Gasteiger partial charge on any atom is -0.365 e. The predicted octanol–water partition coefficient (Wildman–Crippen LogP) is 3.17. The Labute approximate surface area is 155 Å². The van der Waals surface area contributed by atoms with Crippen LogP contribution in [0, 0.1) is 11.6 Å². The summed E-state index contributed by atoms with van der Waals surface area (Å²) < 4.78 is 25.4. The van der Waals surface area contributed by atoms with E-state index in [1.54, 1.807) is 4.52 Å². The Hall–Kier alpha value is -3.03. The van der Waals surface area contributed by atoms with Gasteiger partial charge in [0.1, 0.15) is 23.0 Å². The standard InChI is InChI=1S/C13H17N5O.C6H4F2/c1-13(2)5-3-6-17(13)10-4-7-18-12(16-10)9(8-15-18)11(14)19;7-5-1-2-6(8)4-3-5/h4,7-8H,3,5-6H2,1-2H3,(H2,14,19);1-4H. The Morgan fingerprint density at radius 2 is 1.78 bits per heavy atom. The highest BCUT2D eigenvalue weighted by Gasteiger charge is 2.33. The molecule has 142 valence electrons. The van der Waals surface area contributed by atoms with E-state index in [1.807, 2.05) is 12.3 Å². The topological polar surface area (TPSA) is 76.5 Å². The van der Waals surface area contributed by atoms with Crippen molar-refractivity contribution in [3.8, 4) is 0 Å². The highest BCUT2D eigenvalue weighted by atomic mass is 19.1. The van der Waals surface area contributed by atoms with Gasteiger partial charge in [-0.3, -0.25) is 4.79 Å². The second kappa shape index (κ2) is 7.30. The smallest absolute Gasteiger partial charge is 0.254 e. The van der Waals surface area contributed by atoms with Crippen molar-refractivity contribution in [1.29, 1.82) is 0 Å². The van der Waals surface area contributed by atoms with Crippen LogP contribution in [0.3, 0.4) is 0 Å². The molecule has 3 heterocycles. The molecular formula is C19H21F2N5O. The van der Waals surface area contributed by atoms with Gasteiger partial charge in [-0.25, -0.2) is 18.3 Å². The fourth-order valence-electron chi connectivity index (χ4n) is 3.15. The number of nitrogens with two attached hydrogens (primary N) is 1. The van der Waals surface area contributed by atoms with Crippen LogP contribution >= 0.6 is 0 Å². The van der Waals surface area contributed by atoms with Crippen LogP contribution in [-0.4, -0.2) is 32.6 Å². The summed E-state index contributed by atoms with van der Waals surface area (Å²) in [5.74, 6) is -0.448. The third-order valence-electron chi connectivity index (χ3n) is 4.60. The van der Waals surface area contributed by atoms with Crippen LogP contribution in [0.2, 0.25) is 0 Å². The molecule has 1 amide bonds. The molecule has 0 radical (unpaired) electrons. The van der Waals surface area contributed by atoms with E-state index in [2.05, 4.69) is 28.8 Å². The van der Waals surface area contributed by atoms with Crippen LogP contribution < -0.4 is 10.6 Å². The van der Waals surface area contributed by atoms with Gasteiger partial charge in [-0.2, -0.15) is 5.10 Å². The van der Waals surface area contributed by atoms with Crippen molar-refractivity contribution in [3.05, 3.63) is 59.9 Å². The summed E-state index contributed by atoms with van der Waals surface area (Å²) in [6, 6.07) is 6.24. The Kier molecular flexibility index (Phi) is 5.07. The molecule has 4 rings (SSSR count). The third-order valence-corrected chi connectivity index (χ3v) is 4.60. The second-order valence-corrected chi connectivity index (χ2v) is 6.98. The lowest BCUT2D eigenvalue weighted by Crippen LogP contribution is -2.38. The summed E-state index contributed by atoms with van der Waals surface area (Å²) in [7, 11) is 0. The quantitative estimate of drug-likeness (QED) is 0.749. The first-order chi connectivity index (χ1) is 12.8. The summed E-state index contributed by atoms with van der Waals surface area (Å²) in [6.07, 6.45) is 5.58. The van der Waals surface area contributed by atoms with Gasteiger partial charge < -0.3 is 10.6 Å². The fraction of sp³-hybridized carbons (Fsp3) is 0.316. The highest BCUT2D eigenvalue weighted by Crippen LogP contribution is 2.32. The van der Waals surface area contributed by atoms with E-state index in [0.29, 0.717) is 11.2 Å². The predicted molar refractivity (Wildman–Crippen MR) is 98.5 cm³/mol. The van der Waals surface area contributed by atoms with E-state index in [9.17, 15) is 13.6 Å². The average molecular weight is 373 g/mol. The van der Waals surface area contributed by atoms with Gasteiger partial charge in [-0.05, 0) is 57.0 Å². The lowest BCUT2D eigenvalue weighted by Gasteiger charge is -2.32. The summed E-state index contributed by atoms with van der Waals surface area (Å²) in [6.45, 7) is 5.39. The van der Waals surface area contributed by atoms with Crippen molar-refractivity contribution in [2.45, 2.75) is 32.2 Å². The monoisotopic (exact) mass is 373 g/mol. The van der Waals surface area contributed by atoms with Crippen molar-refractivity contribution in [2.75, 3.05) is 11.4 Å². The van der Waals surface area contributed by atoms with Crippen LogP contribution in [0.25, 0.3) is 5.65 Å². The number of anilines is 1. The lowest BCUT2D eigenvalue weighted by molar-refractivity contribution is 0.100. The van der Waals surface area contributed by atoms with Crippen LogP contribution in [0.15, 0.2) is 42.7 Å². The van der Waals surface area contributed by atoms with Crippen molar-refractivity contribution in [2.24, 2.45) is 5.73 Å². The SMILES string of the molecule is CC1(C)CCCN1c1ccn2ncc(C(N)=O)c2n1.Fc1ccc(F)cc1. The maximum absolute atomic E-state index is 11.9. The summed E-state index contributed by atoms with van der Waals surface area (Å²) in [5.41, 5.74) is 6.31.